The predicted octanol–water partition coefficient (Wildman–Crippen LogP) is 9.66. The molecule has 0 bridgehead atoms. The highest BCUT2D eigenvalue weighted by Gasteiger charge is 2.37. The molecular formula is C57H77F9N12O4. The van der Waals surface area contributed by atoms with Gasteiger partial charge in [-0.1, -0.05) is 26.0 Å². The number of rotatable bonds is 33. The van der Waals surface area contributed by atoms with Crippen molar-refractivity contribution in [2.75, 3.05) is 115 Å². The average molecular weight is 1170 g/mol. The highest BCUT2D eigenvalue weighted by molar-refractivity contribution is 5.69. The van der Waals surface area contributed by atoms with E-state index in [1.807, 2.05) is 56.9 Å². The van der Waals surface area contributed by atoms with Gasteiger partial charge in [0, 0.05) is 120 Å². The summed E-state index contributed by atoms with van der Waals surface area (Å²) in [4.78, 5) is 5.99. The van der Waals surface area contributed by atoms with Crippen LogP contribution >= 0.6 is 0 Å². The third-order valence-electron chi connectivity index (χ3n) is 13.6. The monoisotopic (exact) mass is 1160 g/mol. The van der Waals surface area contributed by atoms with Crippen molar-refractivity contribution in [3.63, 3.8) is 0 Å². The second-order valence-electron chi connectivity index (χ2n) is 20.9. The van der Waals surface area contributed by atoms with Gasteiger partial charge >= 0.3 is 18.5 Å². The summed E-state index contributed by atoms with van der Waals surface area (Å²) in [5.41, 5.74) is 1.06. The SMILES string of the molecule is CNCCN(C)Cc1cn(CC(C)CCOc2ccc(-c3cn(CC(C)COc4ccc(-c5cn[nH]c5CN(C)CCNC)cc4C(F)(F)F)nc3CN(C)CCNC)cc2C(F)(F)F)nc1-c1cc(OCCOC)cc(C(F)(F)F)c1. The molecule has 0 aliphatic rings. The molecule has 0 fully saturated rings. The van der Waals surface area contributed by atoms with Crippen LogP contribution in [0.5, 0.6) is 17.2 Å². The van der Waals surface area contributed by atoms with Crippen LogP contribution in [0.3, 0.4) is 0 Å². The Morgan fingerprint density at radius 2 is 1.17 bits per heavy atom. The van der Waals surface area contributed by atoms with Gasteiger partial charge in [0.05, 0.1) is 59.8 Å². The van der Waals surface area contributed by atoms with Gasteiger partial charge in [0.15, 0.2) is 0 Å². The number of hydrogen-bond acceptors (Lipinski definition) is 13. The number of nitrogens with zero attached hydrogens (tertiary/aromatic N) is 8. The van der Waals surface area contributed by atoms with Gasteiger partial charge < -0.3 is 39.8 Å². The van der Waals surface area contributed by atoms with Gasteiger partial charge in [-0.05, 0) is 108 Å². The van der Waals surface area contributed by atoms with Crippen LogP contribution in [0.2, 0.25) is 0 Å². The second kappa shape index (κ2) is 29.8. The number of hydrogen-bond donors (Lipinski definition) is 4. The maximum Gasteiger partial charge on any atom is 0.419 e. The van der Waals surface area contributed by atoms with Gasteiger partial charge in [0.1, 0.15) is 23.9 Å². The molecule has 0 aliphatic carbocycles. The van der Waals surface area contributed by atoms with Crippen molar-refractivity contribution in [1.82, 2.24) is 60.4 Å². The summed E-state index contributed by atoms with van der Waals surface area (Å²) >= 11 is 0. The first-order valence-electron chi connectivity index (χ1n) is 27.1. The lowest BCUT2D eigenvalue weighted by molar-refractivity contribution is -0.139. The number of methoxy groups -OCH3 is 1. The molecular weight excluding hydrogens is 1090 g/mol. The molecule has 3 aromatic carbocycles. The quantitative estimate of drug-likeness (QED) is 0.0229. The summed E-state index contributed by atoms with van der Waals surface area (Å²) in [6, 6.07) is 11.3. The van der Waals surface area contributed by atoms with Crippen molar-refractivity contribution in [3.8, 4) is 50.8 Å². The van der Waals surface area contributed by atoms with Crippen LogP contribution in [-0.4, -0.2) is 160 Å². The number of nitrogens with one attached hydrogen (secondary N) is 4. The van der Waals surface area contributed by atoms with Crippen LogP contribution < -0.4 is 30.2 Å². The molecule has 452 valence electrons. The number of aromatic amines is 1. The first kappa shape index (κ1) is 64.9. The molecule has 0 saturated heterocycles. The lowest BCUT2D eigenvalue weighted by Gasteiger charge is -2.19. The summed E-state index contributed by atoms with van der Waals surface area (Å²) < 4.78 is 157. The molecule has 2 unspecified atom stereocenters. The molecule has 3 heterocycles. The van der Waals surface area contributed by atoms with Crippen molar-refractivity contribution in [2.24, 2.45) is 11.8 Å². The zero-order valence-electron chi connectivity index (χ0n) is 48.0. The molecule has 3 aromatic heterocycles. The minimum Gasteiger partial charge on any atom is -0.493 e. The molecule has 0 radical (unpaired) electrons. The number of benzene rings is 3. The minimum atomic E-state index is -4.82. The molecule has 0 spiro atoms. The van der Waals surface area contributed by atoms with Gasteiger partial charge in [-0.3, -0.25) is 24.3 Å². The van der Waals surface area contributed by atoms with Gasteiger partial charge in [-0.2, -0.15) is 54.8 Å². The minimum absolute atomic E-state index is 0.00764. The van der Waals surface area contributed by atoms with E-state index in [0.717, 1.165) is 30.8 Å². The largest absolute Gasteiger partial charge is 0.493 e. The lowest BCUT2D eigenvalue weighted by atomic mass is 10.0. The smallest absolute Gasteiger partial charge is 0.419 e. The fourth-order valence-electron chi connectivity index (χ4n) is 9.17. The number of halogens is 9. The number of alkyl halides is 9. The Hall–Kier alpha value is -6.22. The number of aromatic nitrogens is 6. The average Bonchev–Trinajstić information content (AvgIpc) is 3.92. The molecule has 25 heteroatoms. The molecule has 4 N–H and O–H groups in total. The van der Waals surface area contributed by atoms with Gasteiger partial charge in [0.25, 0.3) is 0 Å². The zero-order valence-corrected chi connectivity index (χ0v) is 48.0. The maximum atomic E-state index is 15.0. The highest BCUT2D eigenvalue weighted by Crippen LogP contribution is 2.42. The van der Waals surface area contributed by atoms with Crippen molar-refractivity contribution < 1.29 is 58.5 Å². The van der Waals surface area contributed by atoms with E-state index < -0.39 is 41.1 Å². The summed E-state index contributed by atoms with van der Waals surface area (Å²) in [6.45, 7) is 9.14. The predicted molar refractivity (Wildman–Crippen MR) is 296 cm³/mol. The van der Waals surface area contributed by atoms with Crippen LogP contribution in [0.1, 0.15) is 53.9 Å². The summed E-state index contributed by atoms with van der Waals surface area (Å²) in [5.74, 6) is -1.32. The van der Waals surface area contributed by atoms with E-state index >= 15 is 0 Å². The zero-order chi connectivity index (χ0) is 59.8. The van der Waals surface area contributed by atoms with Crippen molar-refractivity contribution >= 4 is 0 Å². The van der Waals surface area contributed by atoms with E-state index in [1.165, 1.54) is 37.6 Å². The van der Waals surface area contributed by atoms with Crippen LogP contribution in [0.25, 0.3) is 33.5 Å². The Labute approximate surface area is 473 Å². The summed E-state index contributed by atoms with van der Waals surface area (Å²) in [6.07, 6.45) is -9.01. The van der Waals surface area contributed by atoms with E-state index in [0.29, 0.717) is 91.6 Å². The van der Waals surface area contributed by atoms with Crippen molar-refractivity contribution in [1.29, 1.82) is 0 Å². The number of H-pyrrole nitrogens is 1. The maximum absolute atomic E-state index is 15.0. The Balaban J connectivity index is 1.18. The van der Waals surface area contributed by atoms with Gasteiger partial charge in [-0.25, -0.2) is 0 Å². The van der Waals surface area contributed by atoms with E-state index in [2.05, 4.69) is 26.1 Å². The fourth-order valence-corrected chi connectivity index (χ4v) is 9.17. The topological polar surface area (TPSA) is 147 Å². The lowest BCUT2D eigenvalue weighted by Crippen LogP contribution is -2.27. The van der Waals surface area contributed by atoms with Crippen LogP contribution in [0.15, 0.2) is 73.2 Å². The number of ether oxygens (including phenoxy) is 4. The Morgan fingerprint density at radius 1 is 0.598 bits per heavy atom. The first-order chi connectivity index (χ1) is 38.9. The standard InChI is InChI=1S/C57H77F9N12O4/c1-38(30-77-33-43(32-74(6)18-15-67-3)54(73-77)42-24-44(55(58,59)60)28-45(25-42)80-23-22-79-9)14-21-81-52-12-11-41(27-48(52)56(61,62)63)47-34-78(72-51(47)36-76(8)20-17-69-5)31-39(2)37-82-53-13-10-40(26-49(53)57(64,65)66)46-29-70-71-50(46)35-75(7)19-16-68-4/h10-13,24-29,33-34,38-39,67-69H,14-23,30-32,35-37H2,1-9H3,(H,70,71). The Kier molecular flexibility index (Phi) is 23.6. The molecule has 2 atom stereocenters. The van der Waals surface area contributed by atoms with Crippen LogP contribution in [-0.2, 0) is 56.0 Å². The first-order valence-corrected chi connectivity index (χ1v) is 27.1. The molecule has 6 rings (SSSR count). The third kappa shape index (κ3) is 18.9. The van der Waals surface area contributed by atoms with Gasteiger partial charge in [0.2, 0.25) is 0 Å². The summed E-state index contributed by atoms with van der Waals surface area (Å²) in [5, 5.41) is 25.8. The third-order valence-corrected chi connectivity index (χ3v) is 13.6. The Bertz CT molecular complexity index is 2920. The van der Waals surface area contributed by atoms with Crippen molar-refractivity contribution in [3.05, 3.63) is 107 Å². The molecule has 0 amide bonds. The van der Waals surface area contributed by atoms with E-state index in [9.17, 15) is 39.5 Å². The van der Waals surface area contributed by atoms with Gasteiger partial charge in [-0.15, -0.1) is 0 Å². The van der Waals surface area contributed by atoms with Crippen molar-refractivity contribution in [2.45, 2.75) is 71.5 Å². The van der Waals surface area contributed by atoms with Crippen LogP contribution in [0.4, 0.5) is 39.5 Å². The highest BCUT2D eigenvalue weighted by atomic mass is 19.4. The van der Waals surface area contributed by atoms with E-state index in [1.54, 1.807) is 41.8 Å². The summed E-state index contributed by atoms with van der Waals surface area (Å²) in [7, 11) is 12.6. The van der Waals surface area contributed by atoms with Crippen LogP contribution in [0, 0.1) is 11.8 Å². The molecule has 0 aliphatic heterocycles. The van der Waals surface area contributed by atoms with E-state index in [-0.39, 0.29) is 80.4 Å². The second-order valence-corrected chi connectivity index (χ2v) is 20.9. The molecule has 16 nitrogen and oxygen atoms in total. The normalized spacial score (nSPS) is 13.2. The molecule has 0 saturated carbocycles. The van der Waals surface area contributed by atoms with E-state index in [4.69, 9.17) is 29.1 Å². The molecule has 82 heavy (non-hydrogen) atoms. The number of likely N-dealkylation sites (N-methyl/N-ethyl adjacent to an activating group) is 6. The molecule has 6 aromatic rings. The Morgan fingerprint density at radius 3 is 1.77 bits per heavy atom. The fraction of sp³-hybridized carbons (Fsp3) is 0.526.